The minimum atomic E-state index is -0.00815. The topological polar surface area (TPSA) is 44.5 Å². The second kappa shape index (κ2) is 4.28. The molecule has 0 bridgehead atoms. The molecule has 3 nitrogen and oxygen atoms in total. The summed E-state index contributed by atoms with van der Waals surface area (Å²) in [6, 6.07) is 0.258. The van der Waals surface area contributed by atoms with Crippen molar-refractivity contribution in [3.05, 3.63) is 0 Å². The van der Waals surface area contributed by atoms with Crippen LogP contribution in [0.4, 0.5) is 0 Å². The molecule has 3 unspecified atom stereocenters. The van der Waals surface area contributed by atoms with Gasteiger partial charge in [-0.3, -0.25) is 0 Å². The molecule has 0 aliphatic carbocycles. The molecule has 94 valence electrons. The minimum absolute atomic E-state index is 0.00815. The predicted molar refractivity (Wildman–Crippen MR) is 64.3 cm³/mol. The molecule has 2 aliphatic rings. The van der Waals surface area contributed by atoms with Crippen molar-refractivity contribution in [3.63, 3.8) is 0 Å². The minimum Gasteiger partial charge on any atom is -0.378 e. The maximum Gasteiger partial charge on any atom is 0.0939 e. The number of hydrogen-bond donors (Lipinski definition) is 1. The third kappa shape index (κ3) is 2.41. The van der Waals surface area contributed by atoms with Gasteiger partial charge in [0.1, 0.15) is 0 Å². The molecule has 0 aromatic heterocycles. The highest BCUT2D eigenvalue weighted by Gasteiger charge is 2.44. The number of hydrogen-bond acceptors (Lipinski definition) is 3. The van der Waals surface area contributed by atoms with Crippen molar-refractivity contribution in [2.24, 2.45) is 17.1 Å². The molecule has 3 atom stereocenters. The first kappa shape index (κ1) is 12.3. The molecular formula is C13H25NO2. The van der Waals surface area contributed by atoms with E-state index in [1.54, 1.807) is 0 Å². The van der Waals surface area contributed by atoms with E-state index in [1.165, 1.54) is 0 Å². The predicted octanol–water partition coefficient (Wildman–Crippen LogP) is 1.95. The van der Waals surface area contributed by atoms with Gasteiger partial charge in [-0.05, 0) is 24.2 Å². The Morgan fingerprint density at radius 1 is 1.31 bits per heavy atom. The molecule has 0 aromatic carbocycles. The van der Waals surface area contributed by atoms with Gasteiger partial charge < -0.3 is 15.2 Å². The highest BCUT2D eigenvalue weighted by molar-refractivity contribution is 4.95. The average molecular weight is 227 g/mol. The van der Waals surface area contributed by atoms with E-state index in [-0.39, 0.29) is 17.1 Å². The molecule has 2 N–H and O–H groups in total. The van der Waals surface area contributed by atoms with E-state index in [0.29, 0.717) is 5.92 Å². The quantitative estimate of drug-likeness (QED) is 0.744. The van der Waals surface area contributed by atoms with E-state index in [0.717, 1.165) is 39.1 Å². The zero-order valence-electron chi connectivity index (χ0n) is 10.8. The van der Waals surface area contributed by atoms with Crippen LogP contribution < -0.4 is 5.73 Å². The first-order valence-corrected chi connectivity index (χ1v) is 6.40. The summed E-state index contributed by atoms with van der Waals surface area (Å²) in [7, 11) is 0. The summed E-state index contributed by atoms with van der Waals surface area (Å²) in [5.41, 5.74) is 6.56. The van der Waals surface area contributed by atoms with E-state index in [4.69, 9.17) is 15.2 Å². The molecule has 2 fully saturated rings. The van der Waals surface area contributed by atoms with Crippen LogP contribution in [-0.2, 0) is 9.47 Å². The molecule has 2 saturated heterocycles. The largest absolute Gasteiger partial charge is 0.378 e. The van der Waals surface area contributed by atoms with Crippen LogP contribution in [0.2, 0.25) is 0 Å². The average Bonchev–Trinajstić information content (AvgIpc) is 2.64. The lowest BCUT2D eigenvalue weighted by molar-refractivity contribution is -0.106. The monoisotopic (exact) mass is 227 g/mol. The van der Waals surface area contributed by atoms with E-state index in [2.05, 4.69) is 20.8 Å². The molecule has 2 heterocycles. The van der Waals surface area contributed by atoms with Crippen LogP contribution in [0.1, 0.15) is 40.0 Å². The van der Waals surface area contributed by atoms with Gasteiger partial charge in [-0.25, -0.2) is 0 Å². The van der Waals surface area contributed by atoms with E-state index in [9.17, 15) is 0 Å². The van der Waals surface area contributed by atoms with Crippen LogP contribution in [0, 0.1) is 11.3 Å². The smallest absolute Gasteiger partial charge is 0.0939 e. The summed E-state index contributed by atoms with van der Waals surface area (Å²) in [4.78, 5) is 0. The Bertz CT molecular complexity index is 241. The fourth-order valence-electron chi connectivity index (χ4n) is 2.94. The van der Waals surface area contributed by atoms with Crippen LogP contribution in [-0.4, -0.2) is 31.5 Å². The maximum atomic E-state index is 6.38. The zero-order chi connectivity index (χ0) is 11.8. The van der Waals surface area contributed by atoms with E-state index in [1.807, 2.05) is 0 Å². The summed E-state index contributed by atoms with van der Waals surface area (Å²) in [5, 5.41) is 0. The van der Waals surface area contributed by atoms with Crippen LogP contribution in [0.3, 0.4) is 0 Å². The molecule has 1 spiro atoms. The Balaban J connectivity index is 2.01. The number of nitrogens with two attached hydrogens (primary N) is 1. The Hall–Kier alpha value is -0.120. The maximum absolute atomic E-state index is 6.38. The van der Waals surface area contributed by atoms with Crippen LogP contribution >= 0.6 is 0 Å². The molecule has 2 rings (SSSR count). The Morgan fingerprint density at radius 2 is 2.06 bits per heavy atom. The summed E-state index contributed by atoms with van der Waals surface area (Å²) in [6.07, 6.45) is 3.21. The van der Waals surface area contributed by atoms with Gasteiger partial charge in [0.05, 0.1) is 12.2 Å². The van der Waals surface area contributed by atoms with Gasteiger partial charge in [0.2, 0.25) is 0 Å². The second-order valence-electron chi connectivity index (χ2n) is 6.48. The van der Waals surface area contributed by atoms with Gasteiger partial charge in [0.15, 0.2) is 0 Å². The van der Waals surface area contributed by atoms with Crippen molar-refractivity contribution in [1.29, 1.82) is 0 Å². The van der Waals surface area contributed by atoms with Gasteiger partial charge in [0, 0.05) is 25.7 Å². The molecule has 0 amide bonds. The Kier molecular flexibility index (Phi) is 3.30. The lowest BCUT2D eigenvalue weighted by Crippen LogP contribution is -2.50. The molecule has 16 heavy (non-hydrogen) atoms. The summed E-state index contributed by atoms with van der Waals surface area (Å²) in [6.45, 7) is 9.14. The lowest BCUT2D eigenvalue weighted by atomic mass is 9.72. The normalized spacial score (nSPS) is 37.9. The van der Waals surface area contributed by atoms with Gasteiger partial charge in [-0.1, -0.05) is 20.8 Å². The lowest BCUT2D eigenvalue weighted by Gasteiger charge is -2.43. The zero-order valence-corrected chi connectivity index (χ0v) is 10.8. The van der Waals surface area contributed by atoms with Gasteiger partial charge in [0.25, 0.3) is 0 Å². The standard InChI is InChI=1S/C13H25NO2/c1-12(2,3)11(14)10-4-6-16-13(8-10)5-7-15-9-13/h10-11H,4-9,14H2,1-3H3. The van der Waals surface area contributed by atoms with Crippen molar-refractivity contribution < 1.29 is 9.47 Å². The Morgan fingerprint density at radius 3 is 2.62 bits per heavy atom. The van der Waals surface area contributed by atoms with Crippen LogP contribution in [0.15, 0.2) is 0 Å². The van der Waals surface area contributed by atoms with Gasteiger partial charge >= 0.3 is 0 Å². The SMILES string of the molecule is CC(C)(C)C(N)C1CCOC2(CCOC2)C1. The van der Waals surface area contributed by atoms with Crippen molar-refractivity contribution in [3.8, 4) is 0 Å². The highest BCUT2D eigenvalue weighted by atomic mass is 16.6. The van der Waals surface area contributed by atoms with Crippen molar-refractivity contribution in [2.45, 2.75) is 51.7 Å². The van der Waals surface area contributed by atoms with Gasteiger partial charge in [-0.15, -0.1) is 0 Å². The van der Waals surface area contributed by atoms with Crippen molar-refractivity contribution in [2.75, 3.05) is 19.8 Å². The van der Waals surface area contributed by atoms with Gasteiger partial charge in [-0.2, -0.15) is 0 Å². The molecule has 3 heteroatoms. The molecule has 2 aliphatic heterocycles. The fourth-order valence-corrected chi connectivity index (χ4v) is 2.94. The number of ether oxygens (including phenoxy) is 2. The molecular weight excluding hydrogens is 202 g/mol. The highest BCUT2D eigenvalue weighted by Crippen LogP contribution is 2.39. The summed E-state index contributed by atoms with van der Waals surface area (Å²) in [5.74, 6) is 0.579. The van der Waals surface area contributed by atoms with Crippen LogP contribution in [0.25, 0.3) is 0 Å². The molecule has 0 aromatic rings. The summed E-state index contributed by atoms with van der Waals surface area (Å²) >= 11 is 0. The molecule has 0 saturated carbocycles. The Labute approximate surface area is 98.7 Å². The molecule has 0 radical (unpaired) electrons. The summed E-state index contributed by atoms with van der Waals surface area (Å²) < 4.78 is 11.4. The van der Waals surface area contributed by atoms with E-state index >= 15 is 0 Å². The van der Waals surface area contributed by atoms with Crippen molar-refractivity contribution in [1.82, 2.24) is 0 Å². The third-order valence-corrected chi connectivity index (χ3v) is 4.11. The number of rotatable bonds is 1. The first-order valence-electron chi connectivity index (χ1n) is 6.40. The first-order chi connectivity index (χ1) is 7.43. The van der Waals surface area contributed by atoms with Crippen molar-refractivity contribution >= 4 is 0 Å². The van der Waals surface area contributed by atoms with Crippen LogP contribution in [0.5, 0.6) is 0 Å². The third-order valence-electron chi connectivity index (χ3n) is 4.11. The second-order valence-corrected chi connectivity index (χ2v) is 6.48. The van der Waals surface area contributed by atoms with E-state index < -0.39 is 0 Å². The fraction of sp³-hybridized carbons (Fsp3) is 1.00.